The first-order valence-corrected chi connectivity index (χ1v) is 20.3. The Morgan fingerprint density at radius 3 is 2.26 bits per heavy atom. The van der Waals surface area contributed by atoms with Crippen LogP contribution in [0.1, 0.15) is 100 Å². The molecule has 12 nitrogen and oxygen atoms in total. The van der Waals surface area contributed by atoms with Crippen molar-refractivity contribution in [2.24, 2.45) is 56.7 Å². The van der Waals surface area contributed by atoms with Crippen molar-refractivity contribution >= 4 is 5.78 Å². The van der Waals surface area contributed by atoms with Crippen molar-refractivity contribution in [1.29, 1.82) is 0 Å². The first-order chi connectivity index (χ1) is 24.7. The highest BCUT2D eigenvalue weighted by atomic mass is 16.8. The molecule has 5 saturated carbocycles. The molecule has 6 N–H and O–H groups in total. The Morgan fingerprint density at radius 1 is 0.849 bits per heavy atom. The lowest BCUT2D eigenvalue weighted by atomic mass is 9.41. The number of carbonyl (C=O) groups excluding carboxylic acids is 1. The fourth-order valence-corrected chi connectivity index (χ4v) is 14.2. The number of Topliss-reactive ketones (excluding diaryl/α,β-unsaturated/α-hetero) is 1. The summed E-state index contributed by atoms with van der Waals surface area (Å²) in [6, 6.07) is 0. The van der Waals surface area contributed by atoms with Crippen LogP contribution in [0.2, 0.25) is 0 Å². The van der Waals surface area contributed by atoms with Gasteiger partial charge in [0.2, 0.25) is 0 Å². The van der Waals surface area contributed by atoms with Gasteiger partial charge in [-0.2, -0.15) is 0 Å². The third-order valence-corrected chi connectivity index (χ3v) is 16.9. The minimum atomic E-state index is -1.60. The highest BCUT2D eigenvalue weighted by Crippen LogP contribution is 2.89. The number of aliphatic hydroxyl groups is 6. The molecule has 0 aromatic carbocycles. The molecule has 0 unspecified atom stereocenters. The summed E-state index contributed by atoms with van der Waals surface area (Å²) >= 11 is 0. The molecule has 7 fully saturated rings. The molecule has 3 aliphatic heterocycles. The molecular formula is C41H64O12. The van der Waals surface area contributed by atoms with Gasteiger partial charge in [0.15, 0.2) is 24.1 Å². The van der Waals surface area contributed by atoms with Crippen molar-refractivity contribution in [1.82, 2.24) is 0 Å². The largest absolute Gasteiger partial charge is 0.487 e. The lowest BCUT2D eigenvalue weighted by Gasteiger charge is -2.64. The summed E-state index contributed by atoms with van der Waals surface area (Å²) in [5.41, 5.74) is -0.459. The number of aliphatic hydroxyl groups excluding tert-OH is 6. The molecule has 8 aliphatic rings. The van der Waals surface area contributed by atoms with Crippen LogP contribution in [0.3, 0.4) is 0 Å². The maximum atomic E-state index is 13.1. The lowest BCUT2D eigenvalue weighted by molar-refractivity contribution is -0.364. The van der Waals surface area contributed by atoms with Gasteiger partial charge in [-0.3, -0.25) is 4.79 Å². The highest BCUT2D eigenvalue weighted by molar-refractivity contribution is 5.95. The van der Waals surface area contributed by atoms with E-state index in [0.717, 1.165) is 32.1 Å². The second-order valence-corrected chi connectivity index (χ2v) is 20.0. The molecule has 12 heteroatoms. The second-order valence-electron chi connectivity index (χ2n) is 20.0. The zero-order chi connectivity index (χ0) is 38.4. The summed E-state index contributed by atoms with van der Waals surface area (Å²) in [7, 11) is 0. The van der Waals surface area contributed by atoms with E-state index >= 15 is 0 Å². The first kappa shape index (κ1) is 38.7. The third-order valence-electron chi connectivity index (χ3n) is 16.9. The second kappa shape index (κ2) is 12.7. The molecule has 0 radical (unpaired) electrons. The van der Waals surface area contributed by atoms with E-state index in [4.69, 9.17) is 23.7 Å². The zero-order valence-corrected chi connectivity index (χ0v) is 32.7. The number of hydrogen-bond acceptors (Lipinski definition) is 12. The van der Waals surface area contributed by atoms with Crippen molar-refractivity contribution in [3.8, 4) is 0 Å². The molecule has 53 heavy (non-hydrogen) atoms. The topological polar surface area (TPSA) is 185 Å². The van der Waals surface area contributed by atoms with Gasteiger partial charge in [0, 0.05) is 11.8 Å². The molecule has 300 valence electrons. The van der Waals surface area contributed by atoms with E-state index in [9.17, 15) is 35.4 Å². The van der Waals surface area contributed by atoms with Gasteiger partial charge >= 0.3 is 0 Å². The molecule has 5 aliphatic carbocycles. The number of ether oxygens (including phenoxy) is 5. The molecule has 0 bridgehead atoms. The van der Waals surface area contributed by atoms with Gasteiger partial charge < -0.3 is 54.3 Å². The Kier molecular flexibility index (Phi) is 9.23. The Labute approximate surface area is 313 Å². The van der Waals surface area contributed by atoms with Crippen molar-refractivity contribution in [2.75, 3.05) is 6.61 Å². The van der Waals surface area contributed by atoms with Crippen LogP contribution in [0.15, 0.2) is 11.8 Å². The predicted octanol–water partition coefficient (Wildman–Crippen LogP) is 2.83. The summed E-state index contributed by atoms with van der Waals surface area (Å²) in [4.78, 5) is 13.1. The van der Waals surface area contributed by atoms with Gasteiger partial charge in [0.05, 0.1) is 24.9 Å². The zero-order valence-electron chi connectivity index (χ0n) is 32.7. The molecule has 0 aromatic heterocycles. The summed E-state index contributed by atoms with van der Waals surface area (Å²) < 4.78 is 31.0. The minimum absolute atomic E-state index is 0.0146. The molecule has 0 aromatic rings. The molecular weight excluding hydrogens is 684 g/mol. The maximum absolute atomic E-state index is 13.1. The van der Waals surface area contributed by atoms with E-state index < -0.39 is 66.8 Å². The molecule has 3 heterocycles. The lowest BCUT2D eigenvalue weighted by Crippen LogP contribution is -2.64. The van der Waals surface area contributed by atoms with Crippen LogP contribution in [-0.2, 0) is 28.5 Å². The summed E-state index contributed by atoms with van der Waals surface area (Å²) in [5.74, 6) is 1.33. The summed E-state index contributed by atoms with van der Waals surface area (Å²) in [5, 5.41) is 65.3. The number of fused-ring (bicyclic) bond motifs is 4. The quantitative estimate of drug-likeness (QED) is 0.219. The van der Waals surface area contributed by atoms with Gasteiger partial charge in [0.25, 0.3) is 0 Å². The standard InChI is InChI=1S/C41H64O12/c1-18(2)28(44)23-13-19(3)27-24(51-23)15-39(8)25-14-21(42)34-37(5,6)26(9-10-41(34)17-40(25,41)12-11-38(27,39)7)52-36-33(30(46)22(43)16-49-36)53-35-32(48)31(47)29(45)20(4)50-35/h13,18-22,24-27,29-36,42-43,45-48H,9-12,14-17H2,1-8H3/t19-,20+,21+,22-,24+,25+,26+,27+,29+,30+,31-,32-,33-,34+,35+,36+,38-,39+,40+,41-/m1/s1. The number of hydrogen-bond donors (Lipinski definition) is 6. The SMILES string of the molecule is CC(C)C(=O)C1=C[C@@H](C)[C@H]2[C@H](C[C@@]3(C)[C@@H]4C[C@H](O)[C@H]5C(C)(C)[C@@H](O[C@@H]6OC[C@@H](O)[C@H](O)[C@H]6O[C@@H]6O[C@@H](C)[C@H](O)[C@@H](O)[C@H]6O)CC[C@@]56C[C@@]46CC[C@]23C)O1. The van der Waals surface area contributed by atoms with Crippen LogP contribution < -0.4 is 0 Å². The van der Waals surface area contributed by atoms with Crippen LogP contribution in [0.4, 0.5) is 0 Å². The van der Waals surface area contributed by atoms with Gasteiger partial charge in [0.1, 0.15) is 42.7 Å². The fraction of sp³-hybridized carbons (Fsp3) is 0.927. The van der Waals surface area contributed by atoms with Gasteiger partial charge in [-0.05, 0) is 103 Å². The van der Waals surface area contributed by atoms with Gasteiger partial charge in [-0.15, -0.1) is 0 Å². The Morgan fingerprint density at radius 2 is 1.57 bits per heavy atom. The van der Waals surface area contributed by atoms with Crippen LogP contribution in [0, 0.1) is 56.7 Å². The van der Waals surface area contributed by atoms with Gasteiger partial charge in [-0.25, -0.2) is 0 Å². The van der Waals surface area contributed by atoms with E-state index in [1.807, 2.05) is 13.8 Å². The van der Waals surface area contributed by atoms with Crippen LogP contribution in [0.5, 0.6) is 0 Å². The van der Waals surface area contributed by atoms with E-state index in [-0.39, 0.29) is 64.0 Å². The van der Waals surface area contributed by atoms with E-state index in [0.29, 0.717) is 30.4 Å². The van der Waals surface area contributed by atoms with Crippen LogP contribution >= 0.6 is 0 Å². The average Bonchev–Trinajstić information content (AvgIpc) is 3.67. The molecule has 0 amide bonds. The first-order valence-electron chi connectivity index (χ1n) is 20.3. The fourth-order valence-electron chi connectivity index (χ4n) is 14.2. The molecule has 2 saturated heterocycles. The average molecular weight is 749 g/mol. The van der Waals surface area contributed by atoms with E-state index in [2.05, 4.69) is 40.7 Å². The Bertz CT molecular complexity index is 1480. The molecule has 20 atom stereocenters. The van der Waals surface area contributed by atoms with Crippen molar-refractivity contribution in [2.45, 2.75) is 174 Å². The number of ketones is 1. The number of rotatable bonds is 6. The third kappa shape index (κ3) is 5.25. The van der Waals surface area contributed by atoms with Crippen LogP contribution in [-0.4, -0.2) is 117 Å². The highest BCUT2D eigenvalue weighted by Gasteiger charge is 2.84. The van der Waals surface area contributed by atoms with Gasteiger partial charge in [-0.1, -0.05) is 48.5 Å². The normalized spacial score (nSPS) is 56.8. The van der Waals surface area contributed by atoms with Crippen molar-refractivity contribution in [3.05, 3.63) is 11.8 Å². The smallest absolute Gasteiger partial charge is 0.199 e. The number of carbonyl (C=O) groups is 1. The molecule has 2 spiro atoms. The summed E-state index contributed by atoms with van der Waals surface area (Å²) in [6.07, 6.45) is -4.18. The number of allylic oxidation sites excluding steroid dienone is 2. The monoisotopic (exact) mass is 748 g/mol. The predicted molar refractivity (Wildman–Crippen MR) is 189 cm³/mol. The van der Waals surface area contributed by atoms with Crippen molar-refractivity contribution < 1.29 is 59.1 Å². The molecule has 8 rings (SSSR count). The van der Waals surface area contributed by atoms with E-state index in [1.54, 1.807) is 6.92 Å². The summed E-state index contributed by atoms with van der Waals surface area (Å²) in [6.45, 7) is 16.7. The van der Waals surface area contributed by atoms with Crippen LogP contribution in [0.25, 0.3) is 0 Å². The maximum Gasteiger partial charge on any atom is 0.199 e. The Hall–Kier alpha value is -1.19. The van der Waals surface area contributed by atoms with Crippen molar-refractivity contribution in [3.63, 3.8) is 0 Å². The van der Waals surface area contributed by atoms with E-state index in [1.165, 1.54) is 0 Å². The minimum Gasteiger partial charge on any atom is -0.487 e. The Balaban J connectivity index is 1.02.